The molecule has 8 heteroatoms. The lowest BCUT2D eigenvalue weighted by Gasteiger charge is -2.14. The fourth-order valence-corrected chi connectivity index (χ4v) is 5.34. The van der Waals surface area contributed by atoms with Crippen LogP contribution in [-0.4, -0.2) is 34.0 Å². The molecule has 2 N–H and O–H groups in total. The van der Waals surface area contributed by atoms with Gasteiger partial charge in [-0.3, -0.25) is 9.78 Å². The second-order valence-corrected chi connectivity index (χ2v) is 9.94. The van der Waals surface area contributed by atoms with Crippen LogP contribution < -0.4 is 15.4 Å². The van der Waals surface area contributed by atoms with Crippen molar-refractivity contribution in [2.45, 2.75) is 32.2 Å². The molecule has 180 valence electrons. The summed E-state index contributed by atoms with van der Waals surface area (Å²) in [4.78, 5) is 26.9. The number of rotatable bonds is 7. The van der Waals surface area contributed by atoms with Gasteiger partial charge in [-0.2, -0.15) is 0 Å². The second-order valence-electron chi connectivity index (χ2n) is 9.06. The zero-order valence-corrected chi connectivity index (χ0v) is 20.9. The Kier molecular flexibility index (Phi) is 5.73. The third-order valence-electron chi connectivity index (χ3n) is 6.52. The van der Waals surface area contributed by atoms with Gasteiger partial charge in [0.15, 0.2) is 0 Å². The molecule has 3 aromatic heterocycles. The molecule has 2 aromatic carbocycles. The Hall–Kier alpha value is -4.04. The third kappa shape index (κ3) is 4.24. The molecule has 7 nitrogen and oxygen atoms in total. The number of nitrogens with zero attached hydrogens (tertiary/aromatic N) is 3. The number of aromatic nitrogens is 3. The molecule has 1 aliphatic carbocycles. The summed E-state index contributed by atoms with van der Waals surface area (Å²) in [7, 11) is 1.66. The number of anilines is 2. The van der Waals surface area contributed by atoms with E-state index in [1.165, 1.54) is 17.7 Å². The van der Waals surface area contributed by atoms with Crippen molar-refractivity contribution in [1.82, 2.24) is 15.0 Å². The van der Waals surface area contributed by atoms with Crippen molar-refractivity contribution in [2.24, 2.45) is 0 Å². The number of amides is 1. The summed E-state index contributed by atoms with van der Waals surface area (Å²) < 4.78 is 6.18. The second kappa shape index (κ2) is 9.20. The first-order valence-electron chi connectivity index (χ1n) is 11.9. The van der Waals surface area contributed by atoms with E-state index in [4.69, 9.17) is 4.74 Å². The molecule has 0 atom stereocenters. The van der Waals surface area contributed by atoms with Gasteiger partial charge in [-0.15, -0.1) is 11.3 Å². The summed E-state index contributed by atoms with van der Waals surface area (Å²) in [5.41, 5.74) is 5.11. The van der Waals surface area contributed by atoms with Crippen LogP contribution >= 0.6 is 11.3 Å². The molecule has 0 aliphatic heterocycles. The van der Waals surface area contributed by atoms with Crippen molar-refractivity contribution in [2.75, 3.05) is 17.7 Å². The number of pyridine rings is 1. The maximum atomic E-state index is 13.5. The van der Waals surface area contributed by atoms with Crippen LogP contribution in [0.25, 0.3) is 21.0 Å². The molecule has 0 saturated heterocycles. The Morgan fingerprint density at radius 1 is 1.06 bits per heavy atom. The highest BCUT2D eigenvalue weighted by Crippen LogP contribution is 2.34. The van der Waals surface area contributed by atoms with E-state index in [1.54, 1.807) is 13.3 Å². The lowest BCUT2D eigenvalue weighted by Crippen LogP contribution is -2.13. The number of hydrogen-bond donors (Lipinski definition) is 2. The van der Waals surface area contributed by atoms with Crippen LogP contribution in [-0.2, 0) is 6.42 Å². The number of carbonyl (C=O) groups excluding carboxylic acids is 1. The van der Waals surface area contributed by atoms with E-state index in [2.05, 4.69) is 31.7 Å². The Balaban J connectivity index is 1.32. The maximum Gasteiger partial charge on any atom is 0.258 e. The SMILES string of the molecule is COc1ccc(Cc2nccc3c(NC(=O)c4csc5c(NC6CC6)ncnc45)c(C)ccc23)cc1. The van der Waals surface area contributed by atoms with Gasteiger partial charge >= 0.3 is 0 Å². The van der Waals surface area contributed by atoms with Gasteiger partial charge in [0, 0.05) is 34.8 Å². The van der Waals surface area contributed by atoms with Gasteiger partial charge in [0.2, 0.25) is 0 Å². The van der Waals surface area contributed by atoms with Crippen LogP contribution in [0.3, 0.4) is 0 Å². The molecule has 0 radical (unpaired) electrons. The van der Waals surface area contributed by atoms with E-state index in [-0.39, 0.29) is 5.91 Å². The smallest absolute Gasteiger partial charge is 0.258 e. The summed E-state index contributed by atoms with van der Waals surface area (Å²) in [6.07, 6.45) is 6.32. The van der Waals surface area contributed by atoms with Gasteiger partial charge in [0.05, 0.1) is 34.3 Å². The molecule has 36 heavy (non-hydrogen) atoms. The zero-order valence-electron chi connectivity index (χ0n) is 20.0. The normalized spacial score (nSPS) is 13.2. The number of ether oxygens (including phenoxy) is 1. The van der Waals surface area contributed by atoms with Crippen LogP contribution in [0.4, 0.5) is 11.5 Å². The quantitative estimate of drug-likeness (QED) is 0.289. The number of fused-ring (bicyclic) bond motifs is 2. The number of nitrogens with one attached hydrogen (secondary N) is 2. The van der Waals surface area contributed by atoms with E-state index < -0.39 is 0 Å². The zero-order chi connectivity index (χ0) is 24.6. The van der Waals surface area contributed by atoms with E-state index in [0.29, 0.717) is 23.5 Å². The summed E-state index contributed by atoms with van der Waals surface area (Å²) in [6.45, 7) is 2.00. The number of hydrogen-bond acceptors (Lipinski definition) is 7. The van der Waals surface area contributed by atoms with Crippen molar-refractivity contribution in [3.63, 3.8) is 0 Å². The van der Waals surface area contributed by atoms with Gasteiger partial charge in [-0.05, 0) is 49.1 Å². The molecule has 0 unspecified atom stereocenters. The van der Waals surface area contributed by atoms with Gasteiger partial charge in [0.25, 0.3) is 5.91 Å². The third-order valence-corrected chi connectivity index (χ3v) is 7.50. The molecule has 1 amide bonds. The minimum absolute atomic E-state index is 0.179. The summed E-state index contributed by atoms with van der Waals surface area (Å²) in [5, 5.41) is 10.5. The largest absolute Gasteiger partial charge is 0.497 e. The number of methoxy groups -OCH3 is 1. The maximum absolute atomic E-state index is 13.5. The highest BCUT2D eigenvalue weighted by atomic mass is 32.1. The van der Waals surface area contributed by atoms with Crippen LogP contribution in [0.15, 0.2) is 60.4 Å². The predicted octanol–water partition coefficient (Wildman–Crippen LogP) is 5.97. The fourth-order valence-electron chi connectivity index (χ4n) is 4.38. The minimum Gasteiger partial charge on any atom is -0.497 e. The number of benzene rings is 2. The Morgan fingerprint density at radius 3 is 2.67 bits per heavy atom. The average molecular weight is 496 g/mol. The van der Waals surface area contributed by atoms with Gasteiger partial charge in [0.1, 0.15) is 17.9 Å². The van der Waals surface area contributed by atoms with Crippen molar-refractivity contribution in [3.05, 3.63) is 82.8 Å². The van der Waals surface area contributed by atoms with Crippen molar-refractivity contribution < 1.29 is 9.53 Å². The molecule has 0 bridgehead atoms. The Morgan fingerprint density at radius 2 is 1.89 bits per heavy atom. The number of thiophene rings is 1. The van der Waals surface area contributed by atoms with Gasteiger partial charge in [-0.1, -0.05) is 24.3 Å². The molecule has 3 heterocycles. The lowest BCUT2D eigenvalue weighted by molar-refractivity contribution is 0.102. The molecule has 1 aliphatic rings. The molecule has 5 aromatic rings. The summed E-state index contributed by atoms with van der Waals surface area (Å²) in [6, 6.07) is 14.5. The molecular formula is C28H25N5O2S. The van der Waals surface area contributed by atoms with Gasteiger partial charge in [-0.25, -0.2) is 9.97 Å². The van der Waals surface area contributed by atoms with Crippen LogP contribution in [0.1, 0.15) is 40.0 Å². The van der Waals surface area contributed by atoms with E-state index in [1.807, 2.05) is 48.7 Å². The first kappa shape index (κ1) is 22.4. The number of aryl methyl sites for hydroxylation is 1. The fraction of sp³-hybridized carbons (Fsp3) is 0.214. The highest BCUT2D eigenvalue weighted by Gasteiger charge is 2.24. The van der Waals surface area contributed by atoms with Crippen LogP contribution in [0.2, 0.25) is 0 Å². The highest BCUT2D eigenvalue weighted by molar-refractivity contribution is 7.18. The van der Waals surface area contributed by atoms with Crippen molar-refractivity contribution in [3.8, 4) is 5.75 Å². The number of carbonyl (C=O) groups is 1. The topological polar surface area (TPSA) is 89.0 Å². The first-order chi connectivity index (χ1) is 17.6. The lowest BCUT2D eigenvalue weighted by atomic mass is 10.00. The van der Waals surface area contributed by atoms with Crippen LogP contribution in [0.5, 0.6) is 5.75 Å². The Bertz CT molecular complexity index is 1590. The van der Waals surface area contributed by atoms with E-state index in [0.717, 1.165) is 62.4 Å². The van der Waals surface area contributed by atoms with Crippen molar-refractivity contribution in [1.29, 1.82) is 0 Å². The minimum atomic E-state index is -0.179. The summed E-state index contributed by atoms with van der Waals surface area (Å²) >= 11 is 1.50. The molecule has 6 rings (SSSR count). The standard InChI is InChI=1S/C28H25N5O2S/c1-16-3-10-20-21(11-12-29-23(20)13-17-4-8-19(35-2)9-5-17)24(16)33-28(34)22-14-36-26-25(22)30-15-31-27(26)32-18-6-7-18/h3-5,8-12,14-15,18H,6-7,13H2,1-2H3,(H,33,34)(H,30,31,32). The average Bonchev–Trinajstić information content (AvgIpc) is 3.61. The molecular weight excluding hydrogens is 470 g/mol. The first-order valence-corrected chi connectivity index (χ1v) is 12.8. The molecule has 1 saturated carbocycles. The van der Waals surface area contributed by atoms with E-state index >= 15 is 0 Å². The summed E-state index contributed by atoms with van der Waals surface area (Å²) in [5.74, 6) is 1.45. The predicted molar refractivity (Wildman–Crippen MR) is 144 cm³/mol. The monoisotopic (exact) mass is 495 g/mol. The molecule has 1 fully saturated rings. The molecule has 0 spiro atoms. The van der Waals surface area contributed by atoms with Gasteiger partial charge < -0.3 is 15.4 Å². The van der Waals surface area contributed by atoms with Crippen LogP contribution in [0, 0.1) is 6.92 Å². The Labute approximate surface area is 212 Å². The van der Waals surface area contributed by atoms with Crippen molar-refractivity contribution >= 4 is 49.7 Å². The van der Waals surface area contributed by atoms with E-state index in [9.17, 15) is 4.79 Å².